The molecular formula is C21H16ClN2O4S-. The number of rotatable bonds is 6. The predicted octanol–water partition coefficient (Wildman–Crippen LogP) is 3.50. The van der Waals surface area contributed by atoms with E-state index in [2.05, 4.69) is 11.6 Å². The van der Waals surface area contributed by atoms with Crippen molar-refractivity contribution in [3.8, 4) is 5.75 Å². The summed E-state index contributed by atoms with van der Waals surface area (Å²) in [6, 6.07) is 11.6. The van der Waals surface area contributed by atoms with Crippen LogP contribution in [0.5, 0.6) is 5.75 Å². The van der Waals surface area contributed by atoms with Crippen LogP contribution in [0.3, 0.4) is 0 Å². The maximum absolute atomic E-state index is 12.5. The second kappa shape index (κ2) is 8.98. The van der Waals surface area contributed by atoms with Gasteiger partial charge in [-0.05, 0) is 53.7 Å². The van der Waals surface area contributed by atoms with Crippen molar-refractivity contribution in [1.82, 2.24) is 4.90 Å². The van der Waals surface area contributed by atoms with Crippen molar-refractivity contribution >= 4 is 52.2 Å². The summed E-state index contributed by atoms with van der Waals surface area (Å²) in [4.78, 5) is 30.0. The molecule has 1 aliphatic rings. The molecule has 0 spiro atoms. The highest BCUT2D eigenvalue weighted by molar-refractivity contribution is 8.18. The molecule has 1 fully saturated rings. The maximum atomic E-state index is 12.5. The standard InChI is InChI=1S/C21H17ClN2O4S/c1-3-10-28-15-7-4-13(5-8-15)11-18-19(25)24(2)21(29-18)23-14-6-9-17(22)16(12-14)20(26)27/h3-9,11-12H,1,10H2,2H3,(H,26,27)/p-1/b18-11-,23-21?. The Balaban J connectivity index is 1.83. The van der Waals surface area contributed by atoms with Crippen LogP contribution in [-0.4, -0.2) is 35.6 Å². The van der Waals surface area contributed by atoms with E-state index in [0.29, 0.717) is 28.1 Å². The van der Waals surface area contributed by atoms with Gasteiger partial charge in [-0.1, -0.05) is 36.4 Å². The first-order valence-electron chi connectivity index (χ1n) is 8.50. The topological polar surface area (TPSA) is 82.0 Å². The SMILES string of the molecule is C=CCOc1ccc(/C=C2\SC(=Nc3ccc(Cl)c(C(=O)[O-])c3)N(C)C2=O)cc1. The van der Waals surface area contributed by atoms with Crippen LogP contribution in [-0.2, 0) is 4.79 Å². The molecule has 2 aromatic carbocycles. The number of carbonyl (C=O) groups excluding carboxylic acids is 2. The van der Waals surface area contributed by atoms with Gasteiger partial charge in [-0.2, -0.15) is 0 Å². The van der Waals surface area contributed by atoms with E-state index in [1.165, 1.54) is 28.8 Å². The highest BCUT2D eigenvalue weighted by atomic mass is 35.5. The van der Waals surface area contributed by atoms with Crippen molar-refractivity contribution < 1.29 is 19.4 Å². The average Bonchev–Trinajstić information content (AvgIpc) is 2.96. The second-order valence-electron chi connectivity index (χ2n) is 5.99. The Morgan fingerprint density at radius 3 is 2.69 bits per heavy atom. The highest BCUT2D eigenvalue weighted by Gasteiger charge is 2.30. The van der Waals surface area contributed by atoms with Crippen molar-refractivity contribution in [2.24, 2.45) is 4.99 Å². The Morgan fingerprint density at radius 1 is 1.31 bits per heavy atom. The lowest BCUT2D eigenvalue weighted by molar-refractivity contribution is -0.255. The molecule has 1 saturated heterocycles. The third-order valence-electron chi connectivity index (χ3n) is 3.94. The number of halogens is 1. The molecule has 1 amide bonds. The van der Waals surface area contributed by atoms with Gasteiger partial charge in [-0.25, -0.2) is 4.99 Å². The van der Waals surface area contributed by atoms with Crippen molar-refractivity contribution in [1.29, 1.82) is 0 Å². The van der Waals surface area contributed by atoms with E-state index in [4.69, 9.17) is 16.3 Å². The lowest BCUT2D eigenvalue weighted by atomic mass is 10.2. The molecule has 0 bridgehead atoms. The molecule has 29 heavy (non-hydrogen) atoms. The number of likely N-dealkylation sites (N-methyl/N-ethyl adjacent to an activating group) is 1. The molecule has 3 rings (SSSR count). The van der Waals surface area contributed by atoms with Crippen molar-refractivity contribution in [3.63, 3.8) is 0 Å². The fourth-order valence-corrected chi connectivity index (χ4v) is 3.65. The summed E-state index contributed by atoms with van der Waals surface area (Å²) >= 11 is 7.05. The molecule has 148 valence electrons. The molecule has 0 unspecified atom stereocenters. The number of amidine groups is 1. The van der Waals surface area contributed by atoms with Gasteiger partial charge in [0.1, 0.15) is 12.4 Å². The van der Waals surface area contributed by atoms with Crippen LogP contribution < -0.4 is 9.84 Å². The lowest BCUT2D eigenvalue weighted by Crippen LogP contribution is -2.24. The van der Waals surface area contributed by atoms with Gasteiger partial charge in [0.05, 0.1) is 16.6 Å². The van der Waals surface area contributed by atoms with Crippen molar-refractivity contribution in [2.75, 3.05) is 13.7 Å². The van der Waals surface area contributed by atoms with E-state index in [0.717, 1.165) is 5.56 Å². The Labute approximate surface area is 177 Å². The van der Waals surface area contributed by atoms with E-state index in [1.807, 2.05) is 24.3 Å². The van der Waals surface area contributed by atoms with Crippen LogP contribution in [0.25, 0.3) is 6.08 Å². The van der Waals surface area contributed by atoms with Gasteiger partial charge in [0.25, 0.3) is 5.91 Å². The number of ether oxygens (including phenoxy) is 1. The zero-order valence-corrected chi connectivity index (χ0v) is 17.0. The van der Waals surface area contributed by atoms with Crippen molar-refractivity contribution in [2.45, 2.75) is 0 Å². The third kappa shape index (κ3) is 4.88. The second-order valence-corrected chi connectivity index (χ2v) is 7.41. The molecule has 0 saturated carbocycles. The molecule has 0 aliphatic carbocycles. The fourth-order valence-electron chi connectivity index (χ4n) is 2.47. The van der Waals surface area contributed by atoms with Crippen molar-refractivity contribution in [3.05, 3.63) is 76.2 Å². The van der Waals surface area contributed by atoms with Gasteiger partial charge in [0.2, 0.25) is 0 Å². The molecule has 0 aromatic heterocycles. The first-order valence-corrected chi connectivity index (χ1v) is 9.69. The predicted molar refractivity (Wildman–Crippen MR) is 113 cm³/mol. The summed E-state index contributed by atoms with van der Waals surface area (Å²) in [5.74, 6) is -0.875. The normalized spacial score (nSPS) is 16.5. The fraction of sp³-hybridized carbons (Fsp3) is 0.0952. The zero-order chi connectivity index (χ0) is 21.0. The summed E-state index contributed by atoms with van der Waals surface area (Å²) in [5, 5.41) is 11.6. The molecule has 1 aliphatic heterocycles. The van der Waals surface area contributed by atoms with E-state index in [9.17, 15) is 14.7 Å². The monoisotopic (exact) mass is 427 g/mol. The molecule has 8 heteroatoms. The van der Waals surface area contributed by atoms with E-state index < -0.39 is 5.97 Å². The molecule has 0 atom stereocenters. The van der Waals surface area contributed by atoms with Crippen LogP contribution in [0.1, 0.15) is 15.9 Å². The molecule has 2 aromatic rings. The van der Waals surface area contributed by atoms with Gasteiger partial charge < -0.3 is 14.6 Å². The summed E-state index contributed by atoms with van der Waals surface area (Å²) in [5.41, 5.74) is 1.05. The van der Waals surface area contributed by atoms with Crippen LogP contribution >= 0.6 is 23.4 Å². The summed E-state index contributed by atoms with van der Waals surface area (Å²) in [6.45, 7) is 4.02. The number of carbonyl (C=O) groups is 2. The van der Waals surface area contributed by atoms with E-state index in [-0.39, 0.29) is 16.5 Å². The van der Waals surface area contributed by atoms with Gasteiger partial charge in [-0.3, -0.25) is 9.69 Å². The number of thioether (sulfide) groups is 1. The Kier molecular flexibility index (Phi) is 6.41. The Hall–Kier alpha value is -3.03. The highest BCUT2D eigenvalue weighted by Crippen LogP contribution is 2.34. The van der Waals surface area contributed by atoms with Gasteiger partial charge in [0, 0.05) is 17.6 Å². The number of hydrogen-bond acceptors (Lipinski definition) is 6. The number of amides is 1. The molecule has 0 N–H and O–H groups in total. The molecule has 0 radical (unpaired) electrons. The summed E-state index contributed by atoms with van der Waals surface area (Å²) < 4.78 is 5.44. The summed E-state index contributed by atoms with van der Waals surface area (Å²) in [7, 11) is 1.61. The van der Waals surface area contributed by atoms with E-state index >= 15 is 0 Å². The maximum Gasteiger partial charge on any atom is 0.266 e. The van der Waals surface area contributed by atoms with Crippen LogP contribution in [0.2, 0.25) is 5.02 Å². The number of aromatic carboxylic acids is 1. The first kappa shape index (κ1) is 20.7. The quantitative estimate of drug-likeness (QED) is 0.520. The molecule has 6 nitrogen and oxygen atoms in total. The van der Waals surface area contributed by atoms with Crippen LogP contribution in [0.15, 0.2) is 65.0 Å². The van der Waals surface area contributed by atoms with Gasteiger partial charge in [0.15, 0.2) is 5.17 Å². The number of carboxylic acids is 1. The third-order valence-corrected chi connectivity index (χ3v) is 5.33. The van der Waals surface area contributed by atoms with E-state index in [1.54, 1.807) is 25.3 Å². The number of carboxylic acid groups (broad SMARTS) is 1. The number of hydrogen-bond donors (Lipinski definition) is 0. The number of nitrogens with zero attached hydrogens (tertiary/aromatic N) is 2. The van der Waals surface area contributed by atoms with Crippen LogP contribution in [0.4, 0.5) is 5.69 Å². The lowest BCUT2D eigenvalue weighted by Gasteiger charge is -2.09. The van der Waals surface area contributed by atoms with Gasteiger partial charge in [-0.15, -0.1) is 0 Å². The minimum absolute atomic E-state index is 0.0681. The number of aliphatic imine (C=N–C) groups is 1. The number of benzene rings is 2. The van der Waals surface area contributed by atoms with Gasteiger partial charge >= 0.3 is 0 Å². The average molecular weight is 428 g/mol. The smallest absolute Gasteiger partial charge is 0.266 e. The Bertz CT molecular complexity index is 1030. The largest absolute Gasteiger partial charge is 0.545 e. The molecule has 1 heterocycles. The van der Waals surface area contributed by atoms with Crippen LogP contribution in [0, 0.1) is 0 Å². The minimum Gasteiger partial charge on any atom is -0.545 e. The zero-order valence-electron chi connectivity index (χ0n) is 15.4. The minimum atomic E-state index is -1.39. The molecular weight excluding hydrogens is 412 g/mol. The summed E-state index contributed by atoms with van der Waals surface area (Å²) in [6.07, 6.45) is 3.43. The first-order chi connectivity index (χ1) is 13.9. The Morgan fingerprint density at radius 2 is 2.03 bits per heavy atom.